The lowest BCUT2D eigenvalue weighted by molar-refractivity contribution is 0.0785. The number of nitrogens with two attached hydrogens (primary N) is 1. The maximum atomic E-state index is 12.5. The molecule has 0 unspecified atom stereocenters. The van der Waals surface area contributed by atoms with E-state index in [4.69, 9.17) is 10.3 Å². The van der Waals surface area contributed by atoms with E-state index in [2.05, 4.69) is 5.16 Å². The van der Waals surface area contributed by atoms with E-state index < -0.39 is 0 Å². The van der Waals surface area contributed by atoms with E-state index in [1.165, 1.54) is 0 Å². The van der Waals surface area contributed by atoms with Crippen molar-refractivity contribution in [2.24, 2.45) is 0 Å². The first kappa shape index (κ1) is 14.1. The second kappa shape index (κ2) is 5.36. The first-order valence-electron chi connectivity index (χ1n) is 6.44. The quantitative estimate of drug-likeness (QED) is 0.872. The third-order valence-electron chi connectivity index (χ3n) is 3.48. The summed E-state index contributed by atoms with van der Waals surface area (Å²) < 4.78 is 5.11. The van der Waals surface area contributed by atoms with Gasteiger partial charge in [0.15, 0.2) is 0 Å². The minimum absolute atomic E-state index is 0.105. The molecule has 0 bridgehead atoms. The predicted octanol–water partition coefficient (Wildman–Crippen LogP) is 2.45. The van der Waals surface area contributed by atoms with Crippen molar-refractivity contribution in [1.29, 1.82) is 0 Å². The molecule has 0 atom stereocenters. The zero-order valence-corrected chi connectivity index (χ0v) is 12.2. The second-order valence-electron chi connectivity index (χ2n) is 5.00. The third kappa shape index (κ3) is 2.52. The lowest BCUT2D eigenvalue weighted by Gasteiger charge is -2.18. The molecule has 0 spiro atoms. The Morgan fingerprint density at radius 2 is 2.05 bits per heavy atom. The Kier molecular flexibility index (Phi) is 3.79. The van der Waals surface area contributed by atoms with Gasteiger partial charge >= 0.3 is 0 Å². The number of amides is 1. The van der Waals surface area contributed by atoms with Gasteiger partial charge in [0, 0.05) is 18.3 Å². The lowest BCUT2D eigenvalue weighted by Crippen LogP contribution is -2.27. The Labute approximate surface area is 118 Å². The van der Waals surface area contributed by atoms with Crippen molar-refractivity contribution in [3.63, 3.8) is 0 Å². The molecule has 0 radical (unpaired) electrons. The van der Waals surface area contributed by atoms with E-state index >= 15 is 0 Å². The molecule has 0 saturated carbocycles. The van der Waals surface area contributed by atoms with E-state index in [0.29, 0.717) is 17.8 Å². The number of benzene rings is 1. The summed E-state index contributed by atoms with van der Waals surface area (Å²) in [6.45, 7) is 6.05. The van der Waals surface area contributed by atoms with Crippen molar-refractivity contribution in [3.05, 3.63) is 46.3 Å². The average Bonchev–Trinajstić information content (AvgIpc) is 2.73. The Hall–Kier alpha value is -2.30. The first-order chi connectivity index (χ1) is 9.41. The number of hydrogen-bond acceptors (Lipinski definition) is 4. The summed E-state index contributed by atoms with van der Waals surface area (Å²) in [4.78, 5) is 14.1. The Morgan fingerprint density at radius 1 is 1.35 bits per heavy atom. The Morgan fingerprint density at radius 3 is 2.65 bits per heavy atom. The van der Waals surface area contributed by atoms with Crippen LogP contribution in [0.25, 0.3) is 0 Å². The van der Waals surface area contributed by atoms with Crippen LogP contribution in [0.2, 0.25) is 0 Å². The molecule has 1 heterocycles. The zero-order chi connectivity index (χ0) is 14.9. The van der Waals surface area contributed by atoms with E-state index in [-0.39, 0.29) is 5.91 Å². The van der Waals surface area contributed by atoms with Gasteiger partial charge in [0.25, 0.3) is 5.91 Å². The molecule has 0 fully saturated rings. The number of rotatable bonds is 3. The number of nitrogen functional groups attached to an aromatic ring is 1. The van der Waals surface area contributed by atoms with Crippen molar-refractivity contribution >= 4 is 11.6 Å². The monoisotopic (exact) mass is 273 g/mol. The molecule has 1 aromatic heterocycles. The minimum Gasteiger partial charge on any atom is -0.398 e. The molecule has 5 nitrogen and oxygen atoms in total. The highest BCUT2D eigenvalue weighted by Gasteiger charge is 2.18. The fourth-order valence-corrected chi connectivity index (χ4v) is 2.11. The molecule has 0 saturated heterocycles. The number of hydrogen-bond donors (Lipinski definition) is 1. The lowest BCUT2D eigenvalue weighted by atomic mass is 10.1. The summed E-state index contributed by atoms with van der Waals surface area (Å²) in [7, 11) is 1.75. The zero-order valence-electron chi connectivity index (χ0n) is 12.2. The fourth-order valence-electron chi connectivity index (χ4n) is 2.11. The van der Waals surface area contributed by atoms with Crippen molar-refractivity contribution < 1.29 is 9.32 Å². The Bertz CT molecular complexity index is 627. The van der Waals surface area contributed by atoms with Crippen LogP contribution in [0.1, 0.15) is 32.9 Å². The molecule has 20 heavy (non-hydrogen) atoms. The topological polar surface area (TPSA) is 72.4 Å². The van der Waals surface area contributed by atoms with E-state index in [1.54, 1.807) is 18.0 Å². The van der Waals surface area contributed by atoms with Gasteiger partial charge in [-0.15, -0.1) is 0 Å². The number of aryl methyl sites for hydroxylation is 3. The van der Waals surface area contributed by atoms with Crippen molar-refractivity contribution in [3.8, 4) is 0 Å². The van der Waals surface area contributed by atoms with E-state index in [0.717, 1.165) is 22.6 Å². The SMILES string of the molecule is Cc1cccc(C(=O)N(C)Cc2c(C)noc2C)c1N. The molecule has 1 aromatic carbocycles. The van der Waals surface area contributed by atoms with Crippen molar-refractivity contribution in [1.82, 2.24) is 10.1 Å². The van der Waals surface area contributed by atoms with Crippen molar-refractivity contribution in [2.45, 2.75) is 27.3 Å². The molecule has 1 amide bonds. The van der Waals surface area contributed by atoms with Crippen LogP contribution in [0.5, 0.6) is 0 Å². The van der Waals surface area contributed by atoms with Gasteiger partial charge in [-0.2, -0.15) is 0 Å². The van der Waals surface area contributed by atoms with Crippen molar-refractivity contribution in [2.75, 3.05) is 12.8 Å². The molecule has 5 heteroatoms. The van der Waals surface area contributed by atoms with Gasteiger partial charge in [-0.1, -0.05) is 17.3 Å². The van der Waals surface area contributed by atoms with Crippen LogP contribution in [-0.2, 0) is 6.54 Å². The maximum absolute atomic E-state index is 12.5. The average molecular weight is 273 g/mol. The van der Waals surface area contributed by atoms with Gasteiger partial charge in [0.05, 0.1) is 17.8 Å². The standard InChI is InChI=1S/C15H19N3O2/c1-9-6-5-7-12(14(9)16)15(19)18(4)8-13-10(2)17-20-11(13)3/h5-7H,8,16H2,1-4H3. The largest absolute Gasteiger partial charge is 0.398 e. The second-order valence-corrected chi connectivity index (χ2v) is 5.00. The number of carbonyl (C=O) groups excluding carboxylic acids is 1. The third-order valence-corrected chi connectivity index (χ3v) is 3.48. The predicted molar refractivity (Wildman–Crippen MR) is 77.4 cm³/mol. The number of carbonyl (C=O) groups is 1. The highest BCUT2D eigenvalue weighted by atomic mass is 16.5. The molecule has 106 valence electrons. The molecular formula is C15H19N3O2. The summed E-state index contributed by atoms with van der Waals surface area (Å²) in [6, 6.07) is 5.47. The summed E-state index contributed by atoms with van der Waals surface area (Å²) >= 11 is 0. The van der Waals surface area contributed by atoms with E-state index in [9.17, 15) is 4.79 Å². The maximum Gasteiger partial charge on any atom is 0.255 e. The number of anilines is 1. The molecule has 0 aliphatic heterocycles. The summed E-state index contributed by atoms with van der Waals surface area (Å²) in [6.07, 6.45) is 0. The smallest absolute Gasteiger partial charge is 0.255 e. The van der Waals surface area contributed by atoms with Gasteiger partial charge in [-0.25, -0.2) is 0 Å². The number of nitrogens with zero attached hydrogens (tertiary/aromatic N) is 2. The highest BCUT2D eigenvalue weighted by Crippen LogP contribution is 2.20. The van der Waals surface area contributed by atoms with Crippen LogP contribution >= 0.6 is 0 Å². The molecular weight excluding hydrogens is 254 g/mol. The van der Waals surface area contributed by atoms with Crippen LogP contribution in [0.4, 0.5) is 5.69 Å². The van der Waals surface area contributed by atoms with Crippen LogP contribution in [0.3, 0.4) is 0 Å². The Balaban J connectivity index is 2.23. The van der Waals surface area contributed by atoms with Crippen LogP contribution < -0.4 is 5.73 Å². The minimum atomic E-state index is -0.105. The molecule has 2 rings (SSSR count). The summed E-state index contributed by atoms with van der Waals surface area (Å²) in [5.74, 6) is 0.630. The molecule has 2 aromatic rings. The highest BCUT2D eigenvalue weighted by molar-refractivity contribution is 5.99. The first-order valence-corrected chi connectivity index (χ1v) is 6.44. The normalized spacial score (nSPS) is 10.6. The van der Waals surface area contributed by atoms with Gasteiger partial charge in [-0.05, 0) is 32.4 Å². The van der Waals surface area contributed by atoms with Crippen LogP contribution in [0, 0.1) is 20.8 Å². The molecule has 2 N–H and O–H groups in total. The number of aromatic nitrogens is 1. The summed E-state index contributed by atoms with van der Waals surface area (Å²) in [5.41, 5.74) is 9.68. The number of para-hydroxylation sites is 1. The molecule has 0 aliphatic rings. The summed E-state index contributed by atoms with van der Waals surface area (Å²) in [5, 5.41) is 3.90. The van der Waals surface area contributed by atoms with Crippen LogP contribution in [-0.4, -0.2) is 23.0 Å². The molecule has 0 aliphatic carbocycles. The van der Waals surface area contributed by atoms with E-state index in [1.807, 2.05) is 32.9 Å². The van der Waals surface area contributed by atoms with Crippen LogP contribution in [0.15, 0.2) is 22.7 Å². The van der Waals surface area contributed by atoms with Gasteiger partial charge in [-0.3, -0.25) is 4.79 Å². The van der Waals surface area contributed by atoms with Gasteiger partial charge < -0.3 is 15.2 Å². The fraction of sp³-hybridized carbons (Fsp3) is 0.333. The van der Waals surface area contributed by atoms with Gasteiger partial charge in [0.2, 0.25) is 0 Å². The van der Waals surface area contributed by atoms with Gasteiger partial charge in [0.1, 0.15) is 5.76 Å².